The molecule has 7 aromatic carbocycles. The maximum Gasteiger partial charge on any atom is 0.0490 e. The van der Waals surface area contributed by atoms with Crippen LogP contribution in [0.4, 0.5) is 34.1 Å². The Bertz CT molecular complexity index is 2150. The summed E-state index contributed by atoms with van der Waals surface area (Å²) >= 11 is 0. The number of anilines is 6. The Morgan fingerprint density at radius 3 is 1.04 bits per heavy atom. The van der Waals surface area contributed by atoms with Crippen LogP contribution in [0, 0.1) is 27.7 Å². The van der Waals surface area contributed by atoms with Crippen molar-refractivity contribution in [1.82, 2.24) is 0 Å². The molecule has 0 amide bonds. The number of rotatable bonds is 10. The van der Waals surface area contributed by atoms with E-state index in [2.05, 4.69) is 232 Å². The van der Waals surface area contributed by atoms with Crippen LogP contribution in [0.25, 0.3) is 24.3 Å². The molecule has 52 heavy (non-hydrogen) atoms. The third-order valence-corrected chi connectivity index (χ3v) is 9.42. The first-order chi connectivity index (χ1) is 25.4. The largest absolute Gasteiger partial charge is 0.310 e. The summed E-state index contributed by atoms with van der Waals surface area (Å²) in [4.78, 5) is 4.66. The van der Waals surface area contributed by atoms with Gasteiger partial charge in [0.05, 0.1) is 0 Å². The molecule has 254 valence electrons. The molecule has 0 spiro atoms. The summed E-state index contributed by atoms with van der Waals surface area (Å²) in [5, 5.41) is 0. The minimum atomic E-state index is 1.13. The van der Waals surface area contributed by atoms with Crippen LogP contribution in [0.1, 0.15) is 44.5 Å². The molecule has 0 aliphatic carbocycles. The van der Waals surface area contributed by atoms with E-state index < -0.39 is 0 Å². The number of hydrogen-bond donors (Lipinski definition) is 0. The maximum absolute atomic E-state index is 2.33. The number of nitrogens with zero attached hydrogens (tertiary/aromatic N) is 2. The van der Waals surface area contributed by atoms with Crippen LogP contribution in [-0.2, 0) is 0 Å². The van der Waals surface area contributed by atoms with Crippen LogP contribution >= 0.6 is 0 Å². The van der Waals surface area contributed by atoms with Crippen molar-refractivity contribution in [1.29, 1.82) is 0 Å². The van der Waals surface area contributed by atoms with Gasteiger partial charge in [-0.05, 0) is 122 Å². The lowest BCUT2D eigenvalue weighted by Gasteiger charge is -2.27. The Kier molecular flexibility index (Phi) is 10.3. The van der Waals surface area contributed by atoms with Gasteiger partial charge in [0.15, 0.2) is 0 Å². The molecular weight excluding hydrogens is 629 g/mol. The molecule has 0 fully saturated rings. The van der Waals surface area contributed by atoms with E-state index in [4.69, 9.17) is 0 Å². The van der Waals surface area contributed by atoms with Crippen molar-refractivity contribution in [2.45, 2.75) is 27.7 Å². The highest BCUT2D eigenvalue weighted by Gasteiger charge is 2.15. The summed E-state index contributed by atoms with van der Waals surface area (Å²) in [6.07, 6.45) is 8.80. The smallest absolute Gasteiger partial charge is 0.0490 e. The van der Waals surface area contributed by atoms with E-state index in [1.165, 1.54) is 44.8 Å². The van der Waals surface area contributed by atoms with Gasteiger partial charge < -0.3 is 9.80 Å². The van der Waals surface area contributed by atoms with Gasteiger partial charge in [-0.25, -0.2) is 0 Å². The average Bonchev–Trinajstić information content (AvgIpc) is 3.17. The van der Waals surface area contributed by atoms with Crippen molar-refractivity contribution in [2.24, 2.45) is 0 Å². The topological polar surface area (TPSA) is 6.48 Å². The molecule has 0 heterocycles. The summed E-state index contributed by atoms with van der Waals surface area (Å²) in [5.41, 5.74) is 16.6. The highest BCUT2D eigenvalue weighted by Crippen LogP contribution is 2.38. The van der Waals surface area contributed by atoms with Crippen molar-refractivity contribution in [2.75, 3.05) is 9.80 Å². The molecule has 0 saturated heterocycles. The Balaban J connectivity index is 1.10. The van der Waals surface area contributed by atoms with Crippen molar-refractivity contribution >= 4 is 58.4 Å². The van der Waals surface area contributed by atoms with E-state index in [0.29, 0.717) is 0 Å². The molecule has 0 N–H and O–H groups in total. The fraction of sp³-hybridized carbons (Fsp3) is 0.0800. The van der Waals surface area contributed by atoms with E-state index in [-0.39, 0.29) is 0 Å². The van der Waals surface area contributed by atoms with Gasteiger partial charge in [-0.1, -0.05) is 145 Å². The average molecular weight is 673 g/mol. The molecule has 7 rings (SSSR count). The lowest BCUT2D eigenvalue weighted by molar-refractivity contribution is 1.24. The minimum absolute atomic E-state index is 1.13. The Morgan fingerprint density at radius 1 is 0.327 bits per heavy atom. The van der Waals surface area contributed by atoms with Crippen LogP contribution < -0.4 is 9.80 Å². The first-order valence-corrected chi connectivity index (χ1v) is 17.9. The number of aryl methyl sites for hydroxylation is 4. The number of para-hydroxylation sites is 2. The standard InChI is InChI=1S/C50H44N2/c1-37-19-33-49(39(3)35-37)51(45-15-7-5-8-16-45)47-29-23-41(24-30-47)21-27-43-13-11-12-14-44(43)28-22-42-25-31-48(32-26-42)52(46-17-9-6-10-18-46)50-34-20-38(2)36-40(50)4/h5-36H,1-4H3/b27-21+,28-22+. The van der Waals surface area contributed by atoms with Gasteiger partial charge >= 0.3 is 0 Å². The van der Waals surface area contributed by atoms with Crippen LogP contribution in [0.5, 0.6) is 0 Å². The van der Waals surface area contributed by atoms with Crippen molar-refractivity contribution < 1.29 is 0 Å². The van der Waals surface area contributed by atoms with E-state index in [1.807, 2.05) is 0 Å². The Labute approximate surface area is 309 Å². The van der Waals surface area contributed by atoms with Gasteiger partial charge in [0.1, 0.15) is 0 Å². The zero-order valence-corrected chi connectivity index (χ0v) is 30.4. The van der Waals surface area contributed by atoms with Crippen LogP contribution in [0.2, 0.25) is 0 Å². The zero-order chi connectivity index (χ0) is 35.9. The molecule has 7 aromatic rings. The van der Waals surface area contributed by atoms with Crippen molar-refractivity contribution in [3.05, 3.63) is 214 Å². The van der Waals surface area contributed by atoms with Gasteiger partial charge in [-0.2, -0.15) is 0 Å². The Hall–Kier alpha value is -6.38. The highest BCUT2D eigenvalue weighted by molar-refractivity contribution is 5.83. The van der Waals surface area contributed by atoms with Crippen LogP contribution in [0.15, 0.2) is 170 Å². The highest BCUT2D eigenvalue weighted by atomic mass is 15.1. The third-order valence-electron chi connectivity index (χ3n) is 9.42. The Morgan fingerprint density at radius 2 is 0.673 bits per heavy atom. The van der Waals surface area contributed by atoms with Gasteiger partial charge in [0.25, 0.3) is 0 Å². The molecule has 0 radical (unpaired) electrons. The summed E-state index contributed by atoms with van der Waals surface area (Å²) in [6.45, 7) is 8.65. The van der Waals surface area contributed by atoms with E-state index >= 15 is 0 Å². The third kappa shape index (κ3) is 7.83. The van der Waals surface area contributed by atoms with Crippen molar-refractivity contribution in [3.63, 3.8) is 0 Å². The number of benzene rings is 7. The molecule has 2 heteroatoms. The van der Waals surface area contributed by atoms with Crippen LogP contribution in [-0.4, -0.2) is 0 Å². The molecule has 0 bridgehead atoms. The van der Waals surface area contributed by atoms with Gasteiger partial charge in [-0.15, -0.1) is 0 Å². The molecule has 0 aromatic heterocycles. The lowest BCUT2D eigenvalue weighted by atomic mass is 10.0. The summed E-state index contributed by atoms with van der Waals surface area (Å²) in [5.74, 6) is 0. The SMILES string of the molecule is Cc1ccc(N(c2ccccc2)c2ccc(/C=C/c3ccccc3/C=C/c3ccc(N(c4ccccc4)c4ccc(C)cc4C)cc3)cc2)c(C)c1. The molecular formula is C50H44N2. The molecule has 0 saturated carbocycles. The van der Waals surface area contributed by atoms with E-state index in [1.54, 1.807) is 0 Å². The van der Waals surface area contributed by atoms with E-state index in [9.17, 15) is 0 Å². The van der Waals surface area contributed by atoms with Crippen molar-refractivity contribution in [3.8, 4) is 0 Å². The first-order valence-electron chi connectivity index (χ1n) is 17.9. The lowest BCUT2D eigenvalue weighted by Crippen LogP contribution is -2.11. The van der Waals surface area contributed by atoms with E-state index in [0.717, 1.165) is 33.9 Å². The summed E-state index contributed by atoms with van der Waals surface area (Å²) in [6, 6.07) is 60.6. The second-order valence-corrected chi connectivity index (χ2v) is 13.4. The predicted molar refractivity (Wildman–Crippen MR) is 225 cm³/mol. The normalized spacial score (nSPS) is 11.3. The molecule has 2 nitrogen and oxygen atoms in total. The van der Waals surface area contributed by atoms with Crippen LogP contribution in [0.3, 0.4) is 0 Å². The van der Waals surface area contributed by atoms with Gasteiger partial charge in [0.2, 0.25) is 0 Å². The fourth-order valence-corrected chi connectivity index (χ4v) is 6.78. The number of hydrogen-bond acceptors (Lipinski definition) is 2. The minimum Gasteiger partial charge on any atom is -0.310 e. The monoisotopic (exact) mass is 672 g/mol. The molecule has 0 atom stereocenters. The quantitative estimate of drug-likeness (QED) is 0.133. The van der Waals surface area contributed by atoms with Gasteiger partial charge in [0, 0.05) is 34.1 Å². The second kappa shape index (κ2) is 15.7. The summed E-state index contributed by atoms with van der Waals surface area (Å²) < 4.78 is 0. The first kappa shape index (κ1) is 34.1. The zero-order valence-electron chi connectivity index (χ0n) is 30.4. The maximum atomic E-state index is 2.33. The summed E-state index contributed by atoms with van der Waals surface area (Å²) in [7, 11) is 0. The van der Waals surface area contributed by atoms with Gasteiger partial charge in [-0.3, -0.25) is 0 Å². The molecule has 0 aliphatic rings. The molecule has 0 unspecified atom stereocenters. The fourth-order valence-electron chi connectivity index (χ4n) is 6.78. The second-order valence-electron chi connectivity index (χ2n) is 13.4. The molecule has 0 aliphatic heterocycles. The predicted octanol–water partition coefficient (Wildman–Crippen LogP) is 14.2.